The monoisotopic (exact) mass is 378 g/mol. The van der Waals surface area contributed by atoms with E-state index in [1.807, 2.05) is 61.1 Å². The second kappa shape index (κ2) is 19.5. The lowest BCUT2D eigenvalue weighted by atomic mass is 10.1. The van der Waals surface area contributed by atoms with Gasteiger partial charge in [-0.05, 0) is 50.5 Å². The molecule has 0 aliphatic heterocycles. The van der Waals surface area contributed by atoms with E-state index in [-0.39, 0.29) is 5.97 Å². The summed E-state index contributed by atoms with van der Waals surface area (Å²) in [7, 11) is 1.50. The number of benzene rings is 1. The smallest absolute Gasteiger partial charge is 0.356 e. The normalized spacial score (nSPS) is 11.0. The highest BCUT2D eigenvalue weighted by atomic mass is 32.2. The van der Waals surface area contributed by atoms with Crippen molar-refractivity contribution in [2.24, 2.45) is 16.6 Å². The minimum absolute atomic E-state index is 0.354. The zero-order chi connectivity index (χ0) is 20.2. The number of aliphatic imine (C=N–C) groups is 1. The predicted molar refractivity (Wildman–Crippen MR) is 118 cm³/mol. The molecule has 0 fully saturated rings. The Balaban J connectivity index is 0. The summed E-state index contributed by atoms with van der Waals surface area (Å²) >= 11 is 1.75. The number of hydrogen-bond acceptors (Lipinski definition) is 5. The van der Waals surface area contributed by atoms with Gasteiger partial charge in [0, 0.05) is 6.21 Å². The highest BCUT2D eigenvalue weighted by Gasteiger charge is 2.08. The van der Waals surface area contributed by atoms with Gasteiger partial charge in [-0.15, -0.1) is 0 Å². The lowest BCUT2D eigenvalue weighted by molar-refractivity contribution is -0.138. The molecule has 26 heavy (non-hydrogen) atoms. The Kier molecular flexibility index (Phi) is 19.8. The van der Waals surface area contributed by atoms with E-state index in [4.69, 9.17) is 4.74 Å². The van der Waals surface area contributed by atoms with Crippen molar-refractivity contribution in [1.82, 2.24) is 0 Å². The molecule has 0 saturated heterocycles. The van der Waals surface area contributed by atoms with Gasteiger partial charge in [0.25, 0.3) is 0 Å². The number of esters is 1. The minimum atomic E-state index is -0.373. The summed E-state index contributed by atoms with van der Waals surface area (Å²) in [5, 5.41) is 0. The van der Waals surface area contributed by atoms with Gasteiger partial charge in [0.05, 0.1) is 6.61 Å². The molecule has 4 nitrogen and oxygen atoms in total. The van der Waals surface area contributed by atoms with Crippen molar-refractivity contribution >= 4 is 30.0 Å². The van der Waals surface area contributed by atoms with Gasteiger partial charge in [0.1, 0.15) is 5.70 Å². The van der Waals surface area contributed by atoms with Crippen LogP contribution in [0, 0.1) is 5.92 Å². The van der Waals surface area contributed by atoms with Crippen molar-refractivity contribution in [3.05, 3.63) is 53.7 Å². The largest absolute Gasteiger partial charge is 0.461 e. The van der Waals surface area contributed by atoms with E-state index < -0.39 is 0 Å². The molecule has 1 aromatic carbocycles. The van der Waals surface area contributed by atoms with E-state index in [0.717, 1.165) is 12.0 Å². The molecule has 0 aliphatic rings. The number of nitrogens with two attached hydrogens (primary N) is 1. The predicted octanol–water partition coefficient (Wildman–Crippen LogP) is 4.82. The average molecular weight is 379 g/mol. The lowest BCUT2D eigenvalue weighted by Gasteiger charge is -2.03. The van der Waals surface area contributed by atoms with Crippen molar-refractivity contribution in [3.8, 4) is 0 Å². The van der Waals surface area contributed by atoms with Gasteiger partial charge >= 0.3 is 5.97 Å². The van der Waals surface area contributed by atoms with Gasteiger partial charge < -0.3 is 10.5 Å². The van der Waals surface area contributed by atoms with Gasteiger partial charge in [-0.1, -0.05) is 56.3 Å². The first-order chi connectivity index (χ1) is 12.5. The van der Waals surface area contributed by atoms with Gasteiger partial charge in [0.2, 0.25) is 0 Å². The Morgan fingerprint density at radius 2 is 1.81 bits per heavy atom. The van der Waals surface area contributed by atoms with Crippen LogP contribution in [-0.2, 0) is 9.53 Å². The zero-order valence-corrected chi connectivity index (χ0v) is 17.8. The van der Waals surface area contributed by atoms with Crippen LogP contribution < -0.4 is 5.73 Å². The lowest BCUT2D eigenvalue weighted by Crippen LogP contribution is -2.06. The molecule has 0 unspecified atom stereocenters. The van der Waals surface area contributed by atoms with Crippen LogP contribution in [0.5, 0.6) is 0 Å². The number of hydrogen-bond donors (Lipinski definition) is 1. The molecule has 0 saturated carbocycles. The number of carbonyl (C=O) groups is 1. The van der Waals surface area contributed by atoms with E-state index in [9.17, 15) is 4.79 Å². The molecule has 1 aromatic rings. The summed E-state index contributed by atoms with van der Waals surface area (Å²) in [6.07, 6.45) is 12.1. The zero-order valence-electron chi connectivity index (χ0n) is 16.9. The molecule has 0 atom stereocenters. The quantitative estimate of drug-likeness (QED) is 0.420. The molecule has 1 rings (SSSR count). The van der Waals surface area contributed by atoms with Crippen molar-refractivity contribution in [2.75, 3.05) is 26.2 Å². The SMILES string of the molecule is CCOC(=O)C(=C\CC(C)C)/N=C/C=C/c1ccccc1.CN.CSC. The minimum Gasteiger partial charge on any atom is -0.461 e. The summed E-state index contributed by atoms with van der Waals surface area (Å²) in [6.45, 7) is 6.33. The molecule has 5 heteroatoms. The van der Waals surface area contributed by atoms with Crippen molar-refractivity contribution in [3.63, 3.8) is 0 Å². The fourth-order valence-electron chi connectivity index (χ4n) is 1.58. The maximum Gasteiger partial charge on any atom is 0.356 e. The van der Waals surface area contributed by atoms with Crippen LogP contribution in [0.15, 0.2) is 53.2 Å². The maximum absolute atomic E-state index is 11.8. The van der Waals surface area contributed by atoms with Crippen LogP contribution in [-0.4, -0.2) is 38.3 Å². The molecule has 0 heterocycles. The third kappa shape index (κ3) is 15.7. The number of allylic oxidation sites excluding steroid dienone is 2. The highest BCUT2D eigenvalue weighted by molar-refractivity contribution is 7.97. The summed E-state index contributed by atoms with van der Waals surface area (Å²) in [5.41, 5.74) is 5.95. The van der Waals surface area contributed by atoms with Gasteiger partial charge in [-0.25, -0.2) is 9.79 Å². The second-order valence-electron chi connectivity index (χ2n) is 5.40. The van der Waals surface area contributed by atoms with Crippen LogP contribution in [0.25, 0.3) is 6.08 Å². The molecule has 0 aromatic heterocycles. The molecule has 2 N–H and O–H groups in total. The Labute approximate surface area is 163 Å². The first kappa shape index (κ1) is 26.4. The van der Waals surface area contributed by atoms with Crippen LogP contribution >= 0.6 is 11.8 Å². The van der Waals surface area contributed by atoms with Crippen molar-refractivity contribution in [1.29, 1.82) is 0 Å². The average Bonchev–Trinajstić information content (AvgIpc) is 2.64. The summed E-state index contributed by atoms with van der Waals surface area (Å²) in [5.74, 6) is 0.104. The summed E-state index contributed by atoms with van der Waals surface area (Å²) in [6, 6.07) is 9.93. The highest BCUT2D eigenvalue weighted by Crippen LogP contribution is 2.08. The molecule has 0 spiro atoms. The molecular weight excluding hydrogens is 344 g/mol. The summed E-state index contributed by atoms with van der Waals surface area (Å²) < 4.78 is 5.01. The van der Waals surface area contributed by atoms with E-state index in [1.165, 1.54) is 7.05 Å². The fourth-order valence-corrected chi connectivity index (χ4v) is 1.58. The molecular formula is C21H34N2O2S. The first-order valence-electron chi connectivity index (χ1n) is 8.66. The number of nitrogens with zero attached hydrogens (tertiary/aromatic N) is 1. The second-order valence-corrected chi connectivity index (χ2v) is 6.21. The third-order valence-corrected chi connectivity index (χ3v) is 2.66. The van der Waals surface area contributed by atoms with Crippen molar-refractivity contribution < 1.29 is 9.53 Å². The van der Waals surface area contributed by atoms with Gasteiger partial charge in [-0.3, -0.25) is 0 Å². The Bertz CT molecular complexity index is 538. The van der Waals surface area contributed by atoms with Crippen LogP contribution in [0.1, 0.15) is 32.8 Å². The van der Waals surface area contributed by atoms with Crippen LogP contribution in [0.3, 0.4) is 0 Å². The van der Waals surface area contributed by atoms with E-state index in [1.54, 1.807) is 24.9 Å². The van der Waals surface area contributed by atoms with Crippen LogP contribution in [0.2, 0.25) is 0 Å². The first-order valence-corrected chi connectivity index (χ1v) is 10.3. The Morgan fingerprint density at radius 3 is 2.31 bits per heavy atom. The number of rotatable bonds is 7. The van der Waals surface area contributed by atoms with E-state index >= 15 is 0 Å². The van der Waals surface area contributed by atoms with E-state index in [0.29, 0.717) is 18.2 Å². The third-order valence-electron chi connectivity index (χ3n) is 2.66. The molecule has 0 amide bonds. The molecule has 0 aliphatic carbocycles. The number of carbonyl (C=O) groups excluding carboxylic acids is 1. The van der Waals surface area contributed by atoms with Gasteiger partial charge in [0.15, 0.2) is 0 Å². The Morgan fingerprint density at radius 1 is 1.23 bits per heavy atom. The van der Waals surface area contributed by atoms with E-state index in [2.05, 4.69) is 24.6 Å². The molecule has 0 bridgehead atoms. The fraction of sp³-hybridized carbons (Fsp3) is 0.429. The topological polar surface area (TPSA) is 64.7 Å². The number of thioether (sulfide) groups is 1. The molecule has 146 valence electrons. The Hall–Kier alpha value is -1.85. The number of ether oxygens (including phenoxy) is 1. The maximum atomic E-state index is 11.8. The standard InChI is InChI=1S/C18H23NO2.C2H6S.CH5N/c1-4-21-18(20)17(13-12-15(2)3)19-14-8-11-16-9-6-5-7-10-16;1-3-2;1-2/h5-11,13-15H,4,12H2,1-3H3;1-2H3;2H2,1H3/b11-8+,17-13+,19-14+;;. The van der Waals surface area contributed by atoms with Crippen LogP contribution in [0.4, 0.5) is 0 Å². The van der Waals surface area contributed by atoms with Crippen molar-refractivity contribution in [2.45, 2.75) is 27.2 Å². The summed E-state index contributed by atoms with van der Waals surface area (Å²) in [4.78, 5) is 16.0. The van der Waals surface area contributed by atoms with Gasteiger partial charge in [-0.2, -0.15) is 11.8 Å². The molecule has 0 radical (unpaired) electrons.